The second-order valence-corrected chi connectivity index (χ2v) is 4.92. The first-order valence-electron chi connectivity index (χ1n) is 6.43. The molecule has 17 heavy (non-hydrogen) atoms. The van der Waals surface area contributed by atoms with E-state index >= 15 is 0 Å². The van der Waals surface area contributed by atoms with Crippen LogP contribution >= 0.6 is 0 Å². The lowest BCUT2D eigenvalue weighted by molar-refractivity contribution is -0.152. The Labute approximate surface area is 101 Å². The number of aliphatic carboxylic acids is 1. The van der Waals surface area contributed by atoms with Gasteiger partial charge in [0, 0.05) is 6.54 Å². The smallest absolute Gasteiger partial charge is 0.326 e. The van der Waals surface area contributed by atoms with E-state index in [0.29, 0.717) is 19.5 Å². The molecule has 2 aliphatic heterocycles. The van der Waals surface area contributed by atoms with Crippen molar-refractivity contribution in [1.29, 1.82) is 0 Å². The van der Waals surface area contributed by atoms with Crippen molar-refractivity contribution < 1.29 is 14.7 Å². The molecule has 2 heterocycles. The zero-order valence-corrected chi connectivity index (χ0v) is 10.1. The first-order valence-corrected chi connectivity index (χ1v) is 6.43. The van der Waals surface area contributed by atoms with Gasteiger partial charge in [-0.3, -0.25) is 9.69 Å². The van der Waals surface area contributed by atoms with E-state index in [1.807, 2.05) is 0 Å². The van der Waals surface area contributed by atoms with Gasteiger partial charge in [-0.15, -0.1) is 0 Å². The van der Waals surface area contributed by atoms with Crippen molar-refractivity contribution in [3.8, 4) is 0 Å². The Bertz CT molecular complexity index is 300. The van der Waals surface area contributed by atoms with E-state index in [1.54, 1.807) is 4.90 Å². The van der Waals surface area contributed by atoms with Crippen LogP contribution < -0.4 is 0 Å². The van der Waals surface area contributed by atoms with Crippen LogP contribution in [0.25, 0.3) is 0 Å². The molecule has 2 fully saturated rings. The molecular weight excluding hydrogens is 220 g/mol. The third-order valence-electron chi connectivity index (χ3n) is 3.67. The van der Waals surface area contributed by atoms with Gasteiger partial charge in [-0.05, 0) is 45.2 Å². The highest BCUT2D eigenvalue weighted by Gasteiger charge is 2.32. The summed E-state index contributed by atoms with van der Waals surface area (Å²) in [4.78, 5) is 26.9. The molecule has 5 nitrogen and oxygen atoms in total. The van der Waals surface area contributed by atoms with Crippen LogP contribution in [0.3, 0.4) is 0 Å². The van der Waals surface area contributed by atoms with E-state index in [2.05, 4.69) is 4.90 Å². The molecule has 0 aliphatic carbocycles. The minimum absolute atomic E-state index is 0.0148. The minimum atomic E-state index is -0.862. The van der Waals surface area contributed by atoms with Gasteiger partial charge < -0.3 is 10.0 Å². The van der Waals surface area contributed by atoms with Crippen LogP contribution in [0.5, 0.6) is 0 Å². The first kappa shape index (κ1) is 12.4. The fourth-order valence-corrected chi connectivity index (χ4v) is 2.71. The number of carboxylic acids is 1. The van der Waals surface area contributed by atoms with E-state index in [0.717, 1.165) is 38.8 Å². The van der Waals surface area contributed by atoms with E-state index in [4.69, 9.17) is 5.11 Å². The van der Waals surface area contributed by atoms with Crippen molar-refractivity contribution in [2.75, 3.05) is 26.2 Å². The molecule has 0 radical (unpaired) electrons. The topological polar surface area (TPSA) is 60.9 Å². The number of hydrogen-bond donors (Lipinski definition) is 1. The lowest BCUT2D eigenvalue weighted by atomic mass is 10.0. The van der Waals surface area contributed by atoms with E-state index in [9.17, 15) is 9.59 Å². The van der Waals surface area contributed by atoms with Crippen molar-refractivity contribution in [2.45, 2.75) is 38.1 Å². The van der Waals surface area contributed by atoms with Crippen LogP contribution in [0.1, 0.15) is 32.1 Å². The quantitative estimate of drug-likeness (QED) is 0.782. The van der Waals surface area contributed by atoms with Crippen LogP contribution in [-0.4, -0.2) is 59.0 Å². The average Bonchev–Trinajstić information content (AvgIpc) is 2.81. The molecule has 0 aromatic carbocycles. The Balaban J connectivity index is 1.93. The molecule has 2 aliphatic rings. The average molecular weight is 240 g/mol. The molecule has 0 spiro atoms. The fraction of sp³-hybridized carbons (Fsp3) is 0.833. The summed E-state index contributed by atoms with van der Waals surface area (Å²) >= 11 is 0. The number of piperidine rings is 1. The second kappa shape index (κ2) is 5.49. The maximum Gasteiger partial charge on any atom is 0.326 e. The molecule has 0 aromatic rings. The number of nitrogens with zero attached hydrogens (tertiary/aromatic N) is 2. The van der Waals surface area contributed by atoms with Gasteiger partial charge in [0.05, 0.1) is 6.54 Å². The zero-order valence-electron chi connectivity index (χ0n) is 10.1. The van der Waals surface area contributed by atoms with E-state index in [1.165, 1.54) is 0 Å². The first-order chi connectivity index (χ1) is 8.18. The van der Waals surface area contributed by atoms with E-state index in [-0.39, 0.29) is 5.91 Å². The summed E-state index contributed by atoms with van der Waals surface area (Å²) in [6.45, 7) is 2.93. The monoisotopic (exact) mass is 240 g/mol. The SMILES string of the molecule is O=C(O)C1CCCCN1C(=O)CN1CCCC1. The molecule has 1 atom stereocenters. The summed E-state index contributed by atoms with van der Waals surface area (Å²) in [5.74, 6) is -0.876. The maximum absolute atomic E-state index is 12.1. The number of hydrogen-bond acceptors (Lipinski definition) is 3. The molecule has 2 rings (SSSR count). The molecule has 1 unspecified atom stereocenters. The lowest BCUT2D eigenvalue weighted by Gasteiger charge is -2.34. The molecule has 0 bridgehead atoms. The van der Waals surface area contributed by atoms with Crippen LogP contribution in [0.4, 0.5) is 0 Å². The molecule has 1 N–H and O–H groups in total. The number of likely N-dealkylation sites (tertiary alicyclic amines) is 2. The van der Waals surface area contributed by atoms with Gasteiger partial charge in [-0.1, -0.05) is 0 Å². The minimum Gasteiger partial charge on any atom is -0.480 e. The van der Waals surface area contributed by atoms with Crippen molar-refractivity contribution in [3.63, 3.8) is 0 Å². The molecule has 0 saturated carbocycles. The van der Waals surface area contributed by atoms with Gasteiger partial charge in [0.15, 0.2) is 0 Å². The predicted molar refractivity (Wildman–Crippen MR) is 62.7 cm³/mol. The number of amides is 1. The predicted octanol–water partition coefficient (Wildman–Crippen LogP) is 0.548. The standard InChI is InChI=1S/C12H20N2O3/c15-11(9-13-6-3-4-7-13)14-8-2-1-5-10(14)12(16)17/h10H,1-9H2,(H,16,17). The van der Waals surface area contributed by atoms with Crippen LogP contribution in [0.2, 0.25) is 0 Å². The summed E-state index contributed by atoms with van der Waals surface area (Å²) < 4.78 is 0. The Morgan fingerprint density at radius 1 is 1.06 bits per heavy atom. The van der Waals surface area contributed by atoms with Gasteiger partial charge >= 0.3 is 5.97 Å². The molecule has 96 valence electrons. The van der Waals surface area contributed by atoms with Crippen molar-refractivity contribution in [2.24, 2.45) is 0 Å². The number of carbonyl (C=O) groups is 2. The summed E-state index contributed by atoms with van der Waals surface area (Å²) in [5, 5.41) is 9.11. The Kier molecular flexibility index (Phi) is 3.99. The van der Waals surface area contributed by atoms with Gasteiger partial charge in [-0.2, -0.15) is 0 Å². The highest BCUT2D eigenvalue weighted by atomic mass is 16.4. The summed E-state index contributed by atoms with van der Waals surface area (Å²) in [5.41, 5.74) is 0. The van der Waals surface area contributed by atoms with E-state index < -0.39 is 12.0 Å². The van der Waals surface area contributed by atoms with Gasteiger partial charge in [0.1, 0.15) is 6.04 Å². The number of carbonyl (C=O) groups excluding carboxylic acids is 1. The Morgan fingerprint density at radius 2 is 1.71 bits per heavy atom. The largest absolute Gasteiger partial charge is 0.480 e. The van der Waals surface area contributed by atoms with Crippen molar-refractivity contribution in [3.05, 3.63) is 0 Å². The van der Waals surface area contributed by atoms with Crippen LogP contribution in [0.15, 0.2) is 0 Å². The van der Waals surface area contributed by atoms with Crippen molar-refractivity contribution in [1.82, 2.24) is 9.80 Å². The van der Waals surface area contributed by atoms with Gasteiger partial charge in [0.25, 0.3) is 0 Å². The van der Waals surface area contributed by atoms with Crippen LogP contribution in [-0.2, 0) is 9.59 Å². The normalized spacial score (nSPS) is 26.1. The Hall–Kier alpha value is -1.10. The lowest BCUT2D eigenvalue weighted by Crippen LogP contribution is -2.50. The fourth-order valence-electron chi connectivity index (χ4n) is 2.71. The zero-order chi connectivity index (χ0) is 12.3. The number of rotatable bonds is 3. The molecular formula is C12H20N2O3. The van der Waals surface area contributed by atoms with Crippen molar-refractivity contribution >= 4 is 11.9 Å². The summed E-state index contributed by atoms with van der Waals surface area (Å²) in [6.07, 6.45) is 4.73. The third-order valence-corrected chi connectivity index (χ3v) is 3.67. The Morgan fingerprint density at radius 3 is 2.35 bits per heavy atom. The molecule has 0 aromatic heterocycles. The number of carboxylic acid groups (broad SMARTS) is 1. The summed E-state index contributed by atoms with van der Waals surface area (Å²) in [6, 6.07) is -0.598. The highest BCUT2D eigenvalue weighted by molar-refractivity contribution is 5.85. The van der Waals surface area contributed by atoms with Gasteiger partial charge in [-0.25, -0.2) is 4.79 Å². The third kappa shape index (κ3) is 2.97. The highest BCUT2D eigenvalue weighted by Crippen LogP contribution is 2.18. The molecule has 2 saturated heterocycles. The summed E-state index contributed by atoms with van der Waals surface area (Å²) in [7, 11) is 0. The molecule has 5 heteroatoms. The van der Waals surface area contributed by atoms with Crippen LogP contribution in [0, 0.1) is 0 Å². The second-order valence-electron chi connectivity index (χ2n) is 4.92. The molecule has 1 amide bonds. The maximum atomic E-state index is 12.1. The van der Waals surface area contributed by atoms with Gasteiger partial charge in [0.2, 0.25) is 5.91 Å².